The molecule has 2 aromatic rings. The van der Waals surface area contributed by atoms with Gasteiger partial charge in [-0.3, -0.25) is 14.4 Å². The number of likely N-dealkylation sites (tertiary alicyclic amines) is 1. The number of nitrogens with one attached hydrogen (secondary N) is 1. The molecular weight excluding hydrogens is 463 g/mol. The number of nitrogens with zero attached hydrogens (tertiary/aromatic N) is 1. The van der Waals surface area contributed by atoms with E-state index in [0.717, 1.165) is 11.1 Å². The number of amides is 2. The van der Waals surface area contributed by atoms with E-state index in [1.54, 1.807) is 23.1 Å². The highest BCUT2D eigenvalue weighted by Crippen LogP contribution is 2.47. The number of carbonyl (C=O) groups is 3. The molecule has 2 aromatic carbocycles. The van der Waals surface area contributed by atoms with Gasteiger partial charge in [-0.2, -0.15) is 0 Å². The Morgan fingerprint density at radius 1 is 1.09 bits per heavy atom. The molecule has 8 heteroatoms. The third-order valence-corrected chi connectivity index (χ3v) is 6.60. The van der Waals surface area contributed by atoms with Gasteiger partial charge in [0.1, 0.15) is 6.04 Å². The first-order valence-corrected chi connectivity index (χ1v) is 11.8. The lowest BCUT2D eigenvalue weighted by Crippen LogP contribution is -2.56. The van der Waals surface area contributed by atoms with E-state index in [1.807, 2.05) is 44.2 Å². The Labute approximate surface area is 203 Å². The number of benzene rings is 2. The van der Waals surface area contributed by atoms with E-state index >= 15 is 0 Å². The van der Waals surface area contributed by atoms with Crippen LogP contribution in [0.2, 0.25) is 10.0 Å². The lowest BCUT2D eigenvalue weighted by atomic mass is 9.74. The number of carboxylic acid groups (broad SMARTS) is 1. The fourth-order valence-electron chi connectivity index (χ4n) is 4.72. The second-order valence-corrected chi connectivity index (χ2v) is 9.13. The zero-order valence-corrected chi connectivity index (χ0v) is 20.1. The quantitative estimate of drug-likeness (QED) is 0.541. The maximum absolute atomic E-state index is 13.7. The minimum Gasteiger partial charge on any atom is -0.481 e. The second kappa shape index (κ2) is 11.0. The summed E-state index contributed by atoms with van der Waals surface area (Å²) in [6.07, 6.45) is 0.427. The lowest BCUT2D eigenvalue weighted by molar-refractivity contribution is -0.155. The molecular formula is C25H28Cl2N2O4. The molecule has 0 bridgehead atoms. The van der Waals surface area contributed by atoms with Gasteiger partial charge in [-0.05, 0) is 55.2 Å². The number of hydrogen-bond acceptors (Lipinski definition) is 3. The van der Waals surface area contributed by atoms with Gasteiger partial charge in [0.2, 0.25) is 11.8 Å². The zero-order chi connectivity index (χ0) is 24.1. The van der Waals surface area contributed by atoms with Crippen LogP contribution in [-0.2, 0) is 14.4 Å². The number of piperidine rings is 1. The average Bonchev–Trinajstić information content (AvgIpc) is 2.77. The minimum atomic E-state index is -1.05. The van der Waals surface area contributed by atoms with Crippen molar-refractivity contribution < 1.29 is 19.5 Å². The molecule has 0 radical (unpaired) electrons. The molecule has 0 spiro atoms. The van der Waals surface area contributed by atoms with Gasteiger partial charge in [0.15, 0.2) is 0 Å². The Morgan fingerprint density at radius 2 is 1.79 bits per heavy atom. The van der Waals surface area contributed by atoms with Crippen molar-refractivity contribution in [3.05, 3.63) is 69.7 Å². The molecule has 176 valence electrons. The number of likely N-dealkylation sites (N-methyl/N-ethyl adjacent to an activating group) is 1. The summed E-state index contributed by atoms with van der Waals surface area (Å²) in [5.74, 6) is -2.63. The van der Waals surface area contributed by atoms with Crippen LogP contribution < -0.4 is 5.32 Å². The van der Waals surface area contributed by atoms with Crippen molar-refractivity contribution in [2.45, 2.75) is 51.1 Å². The molecule has 0 saturated carbocycles. The molecule has 2 amide bonds. The molecule has 3 rings (SSSR count). The summed E-state index contributed by atoms with van der Waals surface area (Å²) in [4.78, 5) is 39.9. The first kappa shape index (κ1) is 25.1. The standard InChI is InChI=1S/C25H28Cl2N2O4/c1-3-21(24(32)28-4-2)29-23(15-8-10-18(26)11-9-15)20(16-6-5-7-19(27)12-16)13-17(25(29)33)14-22(30)31/h5-12,17,20-21,23H,3-4,13-14H2,1-2H3,(H,28,32)(H,30,31)/t17?,20-,21-,23-/m1/s1. The molecule has 0 aromatic heterocycles. The summed E-state index contributed by atoms with van der Waals surface area (Å²) in [6.45, 7) is 4.10. The molecule has 6 nitrogen and oxygen atoms in total. The molecule has 1 aliphatic heterocycles. The molecule has 1 unspecified atom stereocenters. The van der Waals surface area contributed by atoms with Gasteiger partial charge in [-0.1, -0.05) is 54.4 Å². The van der Waals surface area contributed by atoms with Crippen LogP contribution in [-0.4, -0.2) is 40.4 Å². The largest absolute Gasteiger partial charge is 0.481 e. The van der Waals surface area contributed by atoms with Gasteiger partial charge in [0, 0.05) is 28.4 Å². The third-order valence-electron chi connectivity index (χ3n) is 6.11. The Bertz CT molecular complexity index is 1010. The van der Waals surface area contributed by atoms with Crippen LogP contribution in [0.1, 0.15) is 56.2 Å². The summed E-state index contributed by atoms with van der Waals surface area (Å²) < 4.78 is 0. The molecule has 2 N–H and O–H groups in total. The van der Waals surface area contributed by atoms with Gasteiger partial charge < -0.3 is 15.3 Å². The zero-order valence-electron chi connectivity index (χ0n) is 18.6. The average molecular weight is 491 g/mol. The predicted molar refractivity (Wildman–Crippen MR) is 128 cm³/mol. The molecule has 4 atom stereocenters. The topological polar surface area (TPSA) is 86.7 Å². The smallest absolute Gasteiger partial charge is 0.304 e. The maximum atomic E-state index is 13.7. The molecule has 0 aliphatic carbocycles. The number of halogens is 2. The van der Waals surface area contributed by atoms with E-state index < -0.39 is 24.0 Å². The van der Waals surface area contributed by atoms with E-state index in [1.165, 1.54) is 0 Å². The van der Waals surface area contributed by atoms with Crippen molar-refractivity contribution in [2.24, 2.45) is 5.92 Å². The van der Waals surface area contributed by atoms with E-state index in [9.17, 15) is 19.5 Å². The number of aliphatic carboxylic acids is 1. The number of hydrogen-bond donors (Lipinski definition) is 2. The summed E-state index contributed by atoms with van der Waals surface area (Å²) in [5.41, 5.74) is 1.72. The lowest BCUT2D eigenvalue weighted by Gasteiger charge is -2.47. The molecule has 1 saturated heterocycles. The van der Waals surface area contributed by atoms with Crippen molar-refractivity contribution in [3.63, 3.8) is 0 Å². The molecule has 1 aliphatic rings. The van der Waals surface area contributed by atoms with Gasteiger partial charge in [0.05, 0.1) is 12.5 Å². The summed E-state index contributed by atoms with van der Waals surface area (Å²) in [7, 11) is 0. The van der Waals surface area contributed by atoms with Gasteiger partial charge >= 0.3 is 5.97 Å². The van der Waals surface area contributed by atoms with Gasteiger partial charge in [-0.15, -0.1) is 0 Å². The predicted octanol–water partition coefficient (Wildman–Crippen LogP) is 5.06. The van der Waals surface area contributed by atoms with Crippen LogP contribution in [0.5, 0.6) is 0 Å². The first-order chi connectivity index (χ1) is 15.8. The van der Waals surface area contributed by atoms with Crippen LogP contribution in [0.25, 0.3) is 0 Å². The van der Waals surface area contributed by atoms with Gasteiger partial charge in [-0.25, -0.2) is 0 Å². The Morgan fingerprint density at radius 3 is 2.36 bits per heavy atom. The Hall–Kier alpha value is -2.57. The number of rotatable bonds is 8. The van der Waals surface area contributed by atoms with Crippen LogP contribution in [0.4, 0.5) is 0 Å². The normalized spacial score (nSPS) is 21.5. The molecule has 33 heavy (non-hydrogen) atoms. The highest BCUT2D eigenvalue weighted by atomic mass is 35.5. The number of carbonyl (C=O) groups excluding carboxylic acids is 2. The Kier molecular flexibility index (Phi) is 8.38. The molecule has 1 fully saturated rings. The van der Waals surface area contributed by atoms with Crippen LogP contribution in [0, 0.1) is 5.92 Å². The van der Waals surface area contributed by atoms with Crippen molar-refractivity contribution in [2.75, 3.05) is 6.54 Å². The van der Waals surface area contributed by atoms with E-state index in [2.05, 4.69) is 5.32 Å². The van der Waals surface area contributed by atoms with Crippen LogP contribution in [0.3, 0.4) is 0 Å². The van der Waals surface area contributed by atoms with E-state index in [-0.39, 0.29) is 24.2 Å². The highest BCUT2D eigenvalue weighted by Gasteiger charge is 2.47. The SMILES string of the molecule is CCNC(=O)[C@@H](CC)N1C(=O)C(CC(=O)O)C[C@H](c2cccc(Cl)c2)[C@H]1c1ccc(Cl)cc1. The maximum Gasteiger partial charge on any atom is 0.304 e. The summed E-state index contributed by atoms with van der Waals surface area (Å²) in [5, 5.41) is 13.4. The Balaban J connectivity index is 2.20. The summed E-state index contributed by atoms with van der Waals surface area (Å²) >= 11 is 12.4. The number of carboxylic acids is 1. The second-order valence-electron chi connectivity index (χ2n) is 8.25. The third kappa shape index (κ3) is 5.68. The monoisotopic (exact) mass is 490 g/mol. The van der Waals surface area contributed by atoms with E-state index in [0.29, 0.717) is 29.4 Å². The fourth-order valence-corrected chi connectivity index (χ4v) is 5.04. The minimum absolute atomic E-state index is 0.254. The van der Waals surface area contributed by atoms with Crippen molar-refractivity contribution in [1.82, 2.24) is 10.2 Å². The van der Waals surface area contributed by atoms with Crippen LogP contribution in [0.15, 0.2) is 48.5 Å². The van der Waals surface area contributed by atoms with E-state index in [4.69, 9.17) is 23.2 Å². The first-order valence-electron chi connectivity index (χ1n) is 11.1. The van der Waals surface area contributed by atoms with Crippen LogP contribution >= 0.6 is 23.2 Å². The van der Waals surface area contributed by atoms with Crippen molar-refractivity contribution in [3.8, 4) is 0 Å². The van der Waals surface area contributed by atoms with Gasteiger partial charge in [0.25, 0.3) is 0 Å². The van der Waals surface area contributed by atoms with Crippen molar-refractivity contribution in [1.29, 1.82) is 0 Å². The highest BCUT2D eigenvalue weighted by molar-refractivity contribution is 6.30. The summed E-state index contributed by atoms with van der Waals surface area (Å²) in [6, 6.07) is 13.4. The fraction of sp³-hybridized carbons (Fsp3) is 0.400. The molecule has 1 heterocycles. The van der Waals surface area contributed by atoms with Crippen molar-refractivity contribution >= 4 is 41.0 Å².